The molecule has 1 rings (SSSR count). The van der Waals surface area contributed by atoms with Crippen LogP contribution in [0, 0.1) is 0 Å². The van der Waals surface area contributed by atoms with Crippen LogP contribution in [0.1, 0.15) is 11.1 Å². The highest BCUT2D eigenvalue weighted by atomic mass is 16.4. The second kappa shape index (κ2) is 5.28. The van der Waals surface area contributed by atoms with Crippen LogP contribution in [0.25, 0.3) is 0 Å². The molecule has 0 aliphatic rings. The summed E-state index contributed by atoms with van der Waals surface area (Å²) in [5.41, 5.74) is 7.84. The summed E-state index contributed by atoms with van der Waals surface area (Å²) < 4.78 is 0. The standard InChI is InChI=1S/C10H17BN2O2/c1-13(2)7-9-4-3-8(6-12)5-10(9)11(14)15/h3-5,14-15H,6-7,12H2,1-2H3. The molecule has 0 aliphatic carbocycles. The molecule has 4 nitrogen and oxygen atoms in total. The van der Waals surface area contributed by atoms with Crippen LogP contribution in [-0.4, -0.2) is 36.2 Å². The average Bonchev–Trinajstić information content (AvgIpc) is 2.17. The fraction of sp³-hybridized carbons (Fsp3) is 0.400. The molecule has 0 aliphatic heterocycles. The van der Waals surface area contributed by atoms with Crippen molar-refractivity contribution in [3.63, 3.8) is 0 Å². The van der Waals surface area contributed by atoms with Crippen LogP contribution in [0.5, 0.6) is 0 Å². The first kappa shape index (κ1) is 12.2. The molecule has 4 N–H and O–H groups in total. The Labute approximate surface area is 90.5 Å². The normalized spacial score (nSPS) is 10.8. The minimum absolute atomic E-state index is 0.405. The maximum Gasteiger partial charge on any atom is 0.488 e. The van der Waals surface area contributed by atoms with E-state index in [1.54, 1.807) is 6.07 Å². The molecule has 5 heteroatoms. The second-order valence-electron chi connectivity index (χ2n) is 3.85. The molecule has 0 fully saturated rings. The fourth-order valence-corrected chi connectivity index (χ4v) is 1.50. The number of hydrogen-bond donors (Lipinski definition) is 3. The van der Waals surface area contributed by atoms with Gasteiger partial charge in [0.15, 0.2) is 0 Å². The number of hydrogen-bond acceptors (Lipinski definition) is 4. The summed E-state index contributed by atoms with van der Waals surface area (Å²) in [4.78, 5) is 1.98. The third kappa shape index (κ3) is 3.32. The quantitative estimate of drug-likeness (QED) is 0.548. The first-order valence-corrected chi connectivity index (χ1v) is 4.87. The van der Waals surface area contributed by atoms with E-state index >= 15 is 0 Å². The third-order valence-corrected chi connectivity index (χ3v) is 2.21. The molecule has 0 saturated carbocycles. The molecule has 0 atom stereocenters. The van der Waals surface area contributed by atoms with Gasteiger partial charge in [-0.15, -0.1) is 0 Å². The van der Waals surface area contributed by atoms with Crippen LogP contribution in [0.4, 0.5) is 0 Å². The van der Waals surface area contributed by atoms with Gasteiger partial charge in [0.05, 0.1) is 0 Å². The lowest BCUT2D eigenvalue weighted by molar-refractivity contribution is 0.399. The van der Waals surface area contributed by atoms with E-state index in [2.05, 4.69) is 0 Å². The van der Waals surface area contributed by atoms with Gasteiger partial charge in [0.25, 0.3) is 0 Å². The van der Waals surface area contributed by atoms with Crippen molar-refractivity contribution in [1.29, 1.82) is 0 Å². The Morgan fingerprint density at radius 3 is 2.47 bits per heavy atom. The van der Waals surface area contributed by atoms with Crippen molar-refractivity contribution >= 4 is 12.6 Å². The van der Waals surface area contributed by atoms with Crippen LogP contribution in [0.3, 0.4) is 0 Å². The minimum atomic E-state index is -1.44. The summed E-state index contributed by atoms with van der Waals surface area (Å²) in [5, 5.41) is 18.5. The molecule has 1 aromatic carbocycles. The van der Waals surface area contributed by atoms with E-state index in [0.29, 0.717) is 18.6 Å². The van der Waals surface area contributed by atoms with Gasteiger partial charge >= 0.3 is 7.12 Å². The largest absolute Gasteiger partial charge is 0.488 e. The smallest absolute Gasteiger partial charge is 0.423 e. The summed E-state index contributed by atoms with van der Waals surface area (Å²) in [6.45, 7) is 1.08. The van der Waals surface area contributed by atoms with E-state index in [1.165, 1.54) is 0 Å². The van der Waals surface area contributed by atoms with Crippen molar-refractivity contribution < 1.29 is 10.0 Å². The predicted molar refractivity (Wildman–Crippen MR) is 61.6 cm³/mol. The molecular formula is C10H17BN2O2. The number of nitrogens with two attached hydrogens (primary N) is 1. The maximum absolute atomic E-state index is 9.23. The van der Waals surface area contributed by atoms with Crippen molar-refractivity contribution in [2.75, 3.05) is 14.1 Å². The lowest BCUT2D eigenvalue weighted by Gasteiger charge is -2.14. The Hall–Kier alpha value is -0.875. The highest BCUT2D eigenvalue weighted by Crippen LogP contribution is 2.04. The molecule has 0 spiro atoms. The zero-order chi connectivity index (χ0) is 11.4. The van der Waals surface area contributed by atoms with Crippen molar-refractivity contribution in [2.45, 2.75) is 13.1 Å². The van der Waals surface area contributed by atoms with Crippen LogP contribution < -0.4 is 11.2 Å². The second-order valence-corrected chi connectivity index (χ2v) is 3.85. The van der Waals surface area contributed by atoms with Crippen LogP contribution in [0.2, 0.25) is 0 Å². The molecule has 82 valence electrons. The Kier molecular flexibility index (Phi) is 4.29. The highest BCUT2D eigenvalue weighted by Gasteiger charge is 2.16. The molecule has 0 heterocycles. The lowest BCUT2D eigenvalue weighted by atomic mass is 9.76. The van der Waals surface area contributed by atoms with Gasteiger partial charge in [-0.1, -0.05) is 18.2 Å². The summed E-state index contributed by atoms with van der Waals surface area (Å²) >= 11 is 0. The zero-order valence-corrected chi connectivity index (χ0v) is 9.14. The maximum atomic E-state index is 9.23. The summed E-state index contributed by atoms with van der Waals surface area (Å²) in [5.74, 6) is 0. The first-order valence-electron chi connectivity index (χ1n) is 4.87. The number of benzene rings is 1. The first-order chi connectivity index (χ1) is 7.04. The number of rotatable bonds is 4. The van der Waals surface area contributed by atoms with Gasteiger partial charge in [0.2, 0.25) is 0 Å². The Bertz CT molecular complexity index is 329. The van der Waals surface area contributed by atoms with Gasteiger partial charge in [-0.3, -0.25) is 0 Å². The molecule has 0 amide bonds. The van der Waals surface area contributed by atoms with Crippen LogP contribution in [0.15, 0.2) is 18.2 Å². The summed E-state index contributed by atoms with van der Waals surface area (Å²) in [7, 11) is 2.43. The van der Waals surface area contributed by atoms with Crippen LogP contribution in [-0.2, 0) is 13.1 Å². The van der Waals surface area contributed by atoms with Gasteiger partial charge in [-0.05, 0) is 30.7 Å². The van der Waals surface area contributed by atoms with Crippen LogP contribution >= 0.6 is 0 Å². The molecule has 0 unspecified atom stereocenters. The minimum Gasteiger partial charge on any atom is -0.423 e. The zero-order valence-electron chi connectivity index (χ0n) is 9.14. The number of nitrogens with zero attached hydrogens (tertiary/aromatic N) is 1. The van der Waals surface area contributed by atoms with Gasteiger partial charge in [-0.25, -0.2) is 0 Å². The predicted octanol–water partition coefficient (Wildman–Crippen LogP) is -1.11. The van der Waals surface area contributed by atoms with Crippen molar-refractivity contribution in [2.24, 2.45) is 5.73 Å². The molecule has 0 aromatic heterocycles. The van der Waals surface area contributed by atoms with E-state index in [4.69, 9.17) is 5.73 Å². The van der Waals surface area contributed by atoms with E-state index in [0.717, 1.165) is 11.1 Å². The summed E-state index contributed by atoms with van der Waals surface area (Å²) in [6.07, 6.45) is 0. The van der Waals surface area contributed by atoms with Crippen molar-refractivity contribution in [1.82, 2.24) is 4.90 Å². The van der Waals surface area contributed by atoms with E-state index < -0.39 is 7.12 Å². The lowest BCUT2D eigenvalue weighted by Crippen LogP contribution is -2.35. The van der Waals surface area contributed by atoms with Gasteiger partial charge in [0.1, 0.15) is 0 Å². The topological polar surface area (TPSA) is 69.7 Å². The molecule has 0 bridgehead atoms. The van der Waals surface area contributed by atoms with E-state index in [9.17, 15) is 10.0 Å². The fourth-order valence-electron chi connectivity index (χ4n) is 1.50. The van der Waals surface area contributed by atoms with Crippen molar-refractivity contribution in [3.05, 3.63) is 29.3 Å². The Balaban J connectivity index is 3.03. The SMILES string of the molecule is CN(C)Cc1ccc(CN)cc1B(O)O. The molecular weight excluding hydrogens is 191 g/mol. The molecule has 1 aromatic rings. The van der Waals surface area contributed by atoms with Gasteiger partial charge < -0.3 is 20.7 Å². The van der Waals surface area contributed by atoms with E-state index in [-0.39, 0.29) is 0 Å². The molecule has 0 saturated heterocycles. The van der Waals surface area contributed by atoms with Gasteiger partial charge in [-0.2, -0.15) is 0 Å². The molecule has 15 heavy (non-hydrogen) atoms. The highest BCUT2D eigenvalue weighted by molar-refractivity contribution is 6.59. The Morgan fingerprint density at radius 2 is 2.00 bits per heavy atom. The average molecular weight is 208 g/mol. The van der Waals surface area contributed by atoms with Gasteiger partial charge in [0, 0.05) is 13.1 Å². The molecule has 0 radical (unpaired) electrons. The monoisotopic (exact) mass is 208 g/mol. The van der Waals surface area contributed by atoms with E-state index in [1.807, 2.05) is 31.1 Å². The van der Waals surface area contributed by atoms with Crippen molar-refractivity contribution in [3.8, 4) is 0 Å². The summed E-state index contributed by atoms with van der Waals surface area (Å²) in [6, 6.07) is 5.53. The Morgan fingerprint density at radius 1 is 1.33 bits per heavy atom. The third-order valence-electron chi connectivity index (χ3n) is 2.21.